The summed E-state index contributed by atoms with van der Waals surface area (Å²) in [6.07, 6.45) is 3.56. The molecule has 16 heavy (non-hydrogen) atoms. The number of aliphatic hydroxyl groups is 1. The van der Waals surface area contributed by atoms with E-state index < -0.39 is 11.4 Å². The van der Waals surface area contributed by atoms with Crippen molar-refractivity contribution >= 4 is 5.78 Å². The molecule has 1 N–H and O–H groups in total. The van der Waals surface area contributed by atoms with Crippen LogP contribution in [-0.2, 0) is 9.53 Å². The summed E-state index contributed by atoms with van der Waals surface area (Å²) in [5.41, 5.74) is 0.236. The zero-order chi connectivity index (χ0) is 12.2. The summed E-state index contributed by atoms with van der Waals surface area (Å²) in [4.78, 5) is 11.6. The van der Waals surface area contributed by atoms with E-state index in [4.69, 9.17) is 4.74 Å². The number of allylic oxidation sites excluding steroid dienone is 1. The molecule has 0 bridgehead atoms. The summed E-state index contributed by atoms with van der Waals surface area (Å²) in [5, 5.41) is 9.99. The van der Waals surface area contributed by atoms with Crippen molar-refractivity contribution in [2.75, 3.05) is 0 Å². The van der Waals surface area contributed by atoms with Crippen molar-refractivity contribution in [1.82, 2.24) is 0 Å². The Kier molecular flexibility index (Phi) is 2.34. The lowest BCUT2D eigenvalue weighted by Crippen LogP contribution is -2.50. The molecular weight excluding hydrogens is 204 g/mol. The molecule has 2 rings (SSSR count). The first-order chi connectivity index (χ1) is 7.19. The number of ketones is 1. The van der Waals surface area contributed by atoms with Crippen LogP contribution in [0.25, 0.3) is 0 Å². The summed E-state index contributed by atoms with van der Waals surface area (Å²) in [5.74, 6) is -0.907. The number of rotatable bonds is 0. The van der Waals surface area contributed by atoms with Crippen LogP contribution in [0.3, 0.4) is 0 Å². The van der Waals surface area contributed by atoms with Crippen molar-refractivity contribution in [1.29, 1.82) is 0 Å². The Morgan fingerprint density at radius 1 is 1.31 bits per heavy atom. The van der Waals surface area contributed by atoms with Crippen LogP contribution in [0, 0.1) is 5.41 Å². The van der Waals surface area contributed by atoms with Gasteiger partial charge in [0.2, 0.25) is 0 Å². The minimum absolute atomic E-state index is 0.156. The van der Waals surface area contributed by atoms with Gasteiger partial charge in [-0.15, -0.1) is 0 Å². The number of hydrogen-bond donors (Lipinski definition) is 1. The summed E-state index contributed by atoms with van der Waals surface area (Å²) in [6.45, 7) is 7.72. The highest BCUT2D eigenvalue weighted by atomic mass is 16.6. The Bertz CT molecular complexity index is 365. The first-order valence-electron chi connectivity index (χ1n) is 5.83. The van der Waals surface area contributed by atoms with Gasteiger partial charge in [-0.1, -0.05) is 13.8 Å². The quantitative estimate of drug-likeness (QED) is 0.686. The molecule has 1 saturated heterocycles. The maximum Gasteiger partial charge on any atom is 0.163 e. The maximum atomic E-state index is 11.6. The van der Waals surface area contributed by atoms with Gasteiger partial charge in [0.15, 0.2) is 11.6 Å². The van der Waals surface area contributed by atoms with Gasteiger partial charge in [-0.05, 0) is 31.9 Å². The summed E-state index contributed by atoms with van der Waals surface area (Å²) in [6, 6.07) is 0. The molecule has 3 heteroatoms. The van der Waals surface area contributed by atoms with E-state index in [0.717, 1.165) is 12.0 Å². The average molecular weight is 224 g/mol. The van der Waals surface area contributed by atoms with Gasteiger partial charge < -0.3 is 9.84 Å². The van der Waals surface area contributed by atoms with Crippen LogP contribution in [0.1, 0.15) is 47.0 Å². The highest BCUT2D eigenvalue weighted by molar-refractivity contribution is 5.92. The van der Waals surface area contributed by atoms with Crippen LogP contribution in [0.4, 0.5) is 0 Å². The predicted octanol–water partition coefficient (Wildman–Crippen LogP) is 2.19. The van der Waals surface area contributed by atoms with Crippen molar-refractivity contribution in [3.63, 3.8) is 0 Å². The van der Waals surface area contributed by atoms with E-state index in [2.05, 4.69) is 0 Å². The van der Waals surface area contributed by atoms with Crippen molar-refractivity contribution < 1.29 is 14.6 Å². The zero-order valence-electron chi connectivity index (χ0n) is 10.5. The van der Waals surface area contributed by atoms with E-state index in [1.54, 1.807) is 13.0 Å². The third-order valence-electron chi connectivity index (χ3n) is 4.06. The summed E-state index contributed by atoms with van der Waals surface area (Å²) >= 11 is 0. The monoisotopic (exact) mass is 224 g/mol. The number of hydrogen-bond acceptors (Lipinski definition) is 3. The normalized spacial score (nSPS) is 42.6. The third kappa shape index (κ3) is 1.54. The molecule has 1 spiro atoms. The first kappa shape index (κ1) is 11.8. The SMILES string of the molecule is CC1=CC(=O)CC(C)(C)[C@]12CC[C@@](C)(O)O2. The van der Waals surface area contributed by atoms with Crippen LogP contribution in [0.2, 0.25) is 0 Å². The van der Waals surface area contributed by atoms with Gasteiger partial charge in [-0.2, -0.15) is 0 Å². The minimum atomic E-state index is -1.06. The lowest BCUT2D eigenvalue weighted by atomic mass is 9.63. The Balaban J connectivity index is 2.46. The van der Waals surface area contributed by atoms with E-state index in [1.807, 2.05) is 20.8 Å². The topological polar surface area (TPSA) is 46.5 Å². The third-order valence-corrected chi connectivity index (χ3v) is 4.06. The molecule has 0 radical (unpaired) electrons. The lowest BCUT2D eigenvalue weighted by Gasteiger charge is -2.47. The number of carbonyl (C=O) groups excluding carboxylic acids is 1. The number of carbonyl (C=O) groups is 1. The Morgan fingerprint density at radius 2 is 1.94 bits per heavy atom. The van der Waals surface area contributed by atoms with Gasteiger partial charge in [0.05, 0.1) is 5.60 Å². The lowest BCUT2D eigenvalue weighted by molar-refractivity contribution is -0.229. The molecular formula is C13H20O3. The molecule has 1 aliphatic heterocycles. The Morgan fingerprint density at radius 3 is 2.38 bits per heavy atom. The van der Waals surface area contributed by atoms with E-state index in [-0.39, 0.29) is 11.2 Å². The van der Waals surface area contributed by atoms with Crippen molar-refractivity contribution in [3.8, 4) is 0 Å². The van der Waals surface area contributed by atoms with Gasteiger partial charge in [-0.25, -0.2) is 0 Å². The van der Waals surface area contributed by atoms with E-state index >= 15 is 0 Å². The molecule has 0 amide bonds. The van der Waals surface area contributed by atoms with Crippen LogP contribution >= 0.6 is 0 Å². The van der Waals surface area contributed by atoms with Gasteiger partial charge in [0.1, 0.15) is 0 Å². The Labute approximate surface area is 96.5 Å². The predicted molar refractivity (Wildman–Crippen MR) is 60.8 cm³/mol. The van der Waals surface area contributed by atoms with Crippen LogP contribution in [0.5, 0.6) is 0 Å². The van der Waals surface area contributed by atoms with Gasteiger partial charge >= 0.3 is 0 Å². The molecule has 0 saturated carbocycles. The average Bonchev–Trinajstić information content (AvgIpc) is 2.40. The van der Waals surface area contributed by atoms with Crippen molar-refractivity contribution in [3.05, 3.63) is 11.6 Å². The molecule has 1 heterocycles. The van der Waals surface area contributed by atoms with Gasteiger partial charge in [0, 0.05) is 18.3 Å². The van der Waals surface area contributed by atoms with Gasteiger partial charge in [0.25, 0.3) is 0 Å². The molecule has 1 aliphatic carbocycles. The highest BCUT2D eigenvalue weighted by Crippen LogP contribution is 2.54. The molecule has 0 unspecified atom stereocenters. The summed E-state index contributed by atoms with van der Waals surface area (Å²) < 4.78 is 5.89. The Hall–Kier alpha value is -0.670. The number of ether oxygens (including phenoxy) is 1. The minimum Gasteiger partial charge on any atom is -0.366 e. The fraction of sp³-hybridized carbons (Fsp3) is 0.769. The fourth-order valence-corrected chi connectivity index (χ4v) is 3.16. The molecule has 1 fully saturated rings. The zero-order valence-corrected chi connectivity index (χ0v) is 10.5. The van der Waals surface area contributed by atoms with Gasteiger partial charge in [-0.3, -0.25) is 4.79 Å². The standard InChI is InChI=1S/C13H20O3/c1-9-7-10(14)8-11(2,3)13(9)6-5-12(4,15)16-13/h7,15H,5-6,8H2,1-4H3/t12-,13-/m0/s1. The largest absolute Gasteiger partial charge is 0.366 e. The molecule has 3 nitrogen and oxygen atoms in total. The summed E-state index contributed by atoms with van der Waals surface area (Å²) in [7, 11) is 0. The molecule has 0 aromatic carbocycles. The second kappa shape index (κ2) is 3.17. The maximum absolute atomic E-state index is 11.6. The molecule has 90 valence electrons. The molecule has 0 aromatic heterocycles. The van der Waals surface area contributed by atoms with Crippen LogP contribution in [-0.4, -0.2) is 22.3 Å². The molecule has 2 aliphatic rings. The second-order valence-electron chi connectivity index (χ2n) is 5.96. The molecule has 2 atom stereocenters. The van der Waals surface area contributed by atoms with Crippen LogP contribution in [0.15, 0.2) is 11.6 Å². The highest BCUT2D eigenvalue weighted by Gasteiger charge is 2.57. The molecule has 0 aromatic rings. The van der Waals surface area contributed by atoms with Crippen molar-refractivity contribution in [2.45, 2.75) is 58.3 Å². The smallest absolute Gasteiger partial charge is 0.163 e. The fourth-order valence-electron chi connectivity index (χ4n) is 3.16. The van der Waals surface area contributed by atoms with Crippen molar-refractivity contribution in [2.24, 2.45) is 5.41 Å². The van der Waals surface area contributed by atoms with E-state index in [1.165, 1.54) is 0 Å². The van der Waals surface area contributed by atoms with Crippen LogP contribution < -0.4 is 0 Å². The van der Waals surface area contributed by atoms with E-state index in [0.29, 0.717) is 12.8 Å². The van der Waals surface area contributed by atoms with E-state index in [9.17, 15) is 9.90 Å². The second-order valence-corrected chi connectivity index (χ2v) is 5.96. The first-order valence-corrected chi connectivity index (χ1v) is 5.83.